The highest BCUT2D eigenvalue weighted by atomic mass is 32.2. The number of rotatable bonds is 5. The van der Waals surface area contributed by atoms with Gasteiger partial charge in [0.15, 0.2) is 12.7 Å². The second-order valence-corrected chi connectivity index (χ2v) is 4.82. The van der Waals surface area contributed by atoms with E-state index in [1.807, 2.05) is 0 Å². The van der Waals surface area contributed by atoms with E-state index in [-0.39, 0.29) is 12.5 Å². The van der Waals surface area contributed by atoms with Crippen molar-refractivity contribution in [3.05, 3.63) is 24.0 Å². The molecule has 94 valence electrons. The summed E-state index contributed by atoms with van der Waals surface area (Å²) in [5, 5.41) is 6.44. The van der Waals surface area contributed by atoms with Crippen LogP contribution >= 0.6 is 0 Å². The van der Waals surface area contributed by atoms with Crippen LogP contribution in [-0.4, -0.2) is 36.3 Å². The molecule has 0 aliphatic heterocycles. The van der Waals surface area contributed by atoms with E-state index in [1.165, 1.54) is 23.1 Å². The third kappa shape index (κ3) is 4.87. The van der Waals surface area contributed by atoms with Crippen LogP contribution in [0.5, 0.6) is 0 Å². The summed E-state index contributed by atoms with van der Waals surface area (Å²) in [7, 11) is -4.25. The van der Waals surface area contributed by atoms with Gasteiger partial charge in [-0.3, -0.25) is 4.79 Å². The molecule has 7 nitrogen and oxygen atoms in total. The number of nitrogens with one attached hydrogen (secondary N) is 1. The van der Waals surface area contributed by atoms with Crippen LogP contribution in [0.1, 0.15) is 17.3 Å². The van der Waals surface area contributed by atoms with Crippen molar-refractivity contribution in [3.63, 3.8) is 0 Å². The Morgan fingerprint density at radius 1 is 1.59 bits per heavy atom. The van der Waals surface area contributed by atoms with Gasteiger partial charge in [0.25, 0.3) is 5.91 Å². The van der Waals surface area contributed by atoms with Gasteiger partial charge in [-0.25, -0.2) is 8.42 Å². The Labute approximate surface area is 99.2 Å². The van der Waals surface area contributed by atoms with Crippen LogP contribution in [-0.2, 0) is 16.7 Å². The molecule has 0 aromatic carbocycles. The van der Waals surface area contributed by atoms with Gasteiger partial charge in [-0.1, -0.05) is 4.68 Å². The zero-order valence-corrected chi connectivity index (χ0v) is 10.1. The van der Waals surface area contributed by atoms with Gasteiger partial charge in [-0.2, -0.15) is 0 Å². The first-order valence-corrected chi connectivity index (χ1v) is 6.57. The lowest BCUT2D eigenvalue weighted by Gasteiger charge is -2.03. The maximum Gasteiger partial charge on any atom is 0.253 e. The van der Waals surface area contributed by atoms with Crippen molar-refractivity contribution in [1.82, 2.24) is 10.4 Å². The number of aromatic nitrogens is 2. The average molecular weight is 259 g/mol. The minimum Gasteiger partial charge on any atom is -0.748 e. The molecule has 0 aliphatic rings. The molecule has 17 heavy (non-hydrogen) atoms. The zero-order valence-electron chi connectivity index (χ0n) is 9.29. The number of amides is 1. The van der Waals surface area contributed by atoms with Crippen molar-refractivity contribution in [2.75, 3.05) is 12.3 Å². The molecule has 1 aromatic heterocycles. The largest absolute Gasteiger partial charge is 0.748 e. The van der Waals surface area contributed by atoms with Crippen LogP contribution in [0, 0.1) is 0 Å². The lowest BCUT2D eigenvalue weighted by atomic mass is 10.3. The second-order valence-electron chi connectivity index (χ2n) is 3.30. The summed E-state index contributed by atoms with van der Waals surface area (Å²) in [5.74, 6) is -0.769. The van der Waals surface area contributed by atoms with Crippen LogP contribution < -0.4 is 10.00 Å². The fraction of sp³-hybridized carbons (Fsp3) is 0.444. The van der Waals surface area contributed by atoms with Crippen molar-refractivity contribution >= 4 is 16.0 Å². The van der Waals surface area contributed by atoms with E-state index in [2.05, 4.69) is 10.4 Å². The van der Waals surface area contributed by atoms with E-state index in [9.17, 15) is 17.8 Å². The first-order valence-electron chi connectivity index (χ1n) is 5.00. The predicted octanol–water partition coefficient (Wildman–Crippen LogP) is -1.34. The van der Waals surface area contributed by atoms with Gasteiger partial charge in [-0.15, -0.1) is 0 Å². The van der Waals surface area contributed by atoms with Crippen LogP contribution in [0.25, 0.3) is 0 Å². The summed E-state index contributed by atoms with van der Waals surface area (Å²) in [6.45, 7) is 2.29. The highest BCUT2D eigenvalue weighted by molar-refractivity contribution is 7.85. The minimum atomic E-state index is -4.25. The molecule has 0 unspecified atom stereocenters. The number of aryl methyl sites for hydroxylation is 1. The third-order valence-electron chi connectivity index (χ3n) is 1.94. The van der Waals surface area contributed by atoms with Gasteiger partial charge in [0.1, 0.15) is 16.3 Å². The van der Waals surface area contributed by atoms with Crippen LogP contribution in [0.15, 0.2) is 18.5 Å². The molecule has 0 fully saturated rings. The van der Waals surface area contributed by atoms with E-state index in [1.54, 1.807) is 6.92 Å². The fourth-order valence-electron chi connectivity index (χ4n) is 1.12. The molecule has 1 rings (SSSR count). The Morgan fingerprint density at radius 2 is 2.29 bits per heavy atom. The molecule has 1 N–H and O–H groups in total. The van der Waals surface area contributed by atoms with E-state index in [4.69, 9.17) is 0 Å². The fourth-order valence-corrected chi connectivity index (χ4v) is 1.53. The molecule has 0 bridgehead atoms. The minimum absolute atomic E-state index is 0.0263. The Kier molecular flexibility index (Phi) is 4.53. The molecular weight excluding hydrogens is 246 g/mol. The molecule has 1 amide bonds. The lowest BCUT2D eigenvalue weighted by Crippen LogP contribution is -2.41. The number of carbonyl (C=O) groups is 1. The Hall–Kier alpha value is -1.54. The molecule has 0 spiro atoms. The quantitative estimate of drug-likeness (QED) is 0.521. The standard InChI is InChI=1S/C9H13N3O4S/c1-2-10-9(13)8-3-4-12(11-7-8)5-6-17(14,15)16/h3-4,7H,2,5-6H2,1H3,(H-,10,13,14,15,16). The number of nitrogens with zero attached hydrogens (tertiary/aromatic N) is 2. The number of hydrogen-bond acceptors (Lipinski definition) is 5. The zero-order chi connectivity index (χ0) is 12.9. The van der Waals surface area contributed by atoms with Gasteiger partial charge in [-0.05, 0) is 12.0 Å². The normalized spacial score (nSPS) is 11.2. The van der Waals surface area contributed by atoms with E-state index < -0.39 is 15.9 Å². The number of carbonyl (C=O) groups excluding carboxylic acids is 1. The smallest absolute Gasteiger partial charge is 0.253 e. The van der Waals surface area contributed by atoms with Crippen molar-refractivity contribution in [1.29, 1.82) is 0 Å². The molecule has 0 saturated heterocycles. The van der Waals surface area contributed by atoms with Gasteiger partial charge < -0.3 is 9.87 Å². The van der Waals surface area contributed by atoms with Crippen molar-refractivity contribution < 1.29 is 22.4 Å². The van der Waals surface area contributed by atoms with Crippen LogP contribution in [0.2, 0.25) is 0 Å². The van der Waals surface area contributed by atoms with Crippen molar-refractivity contribution in [2.24, 2.45) is 0 Å². The molecule has 0 atom stereocenters. The maximum atomic E-state index is 11.4. The molecule has 1 aromatic rings. The van der Waals surface area contributed by atoms with Crippen molar-refractivity contribution in [2.45, 2.75) is 13.5 Å². The molecule has 1 heterocycles. The second kappa shape index (κ2) is 5.69. The summed E-state index contributed by atoms with van der Waals surface area (Å²) < 4.78 is 32.5. The Bertz CT molecular complexity index is 483. The SMILES string of the molecule is CCNC(=O)c1cc[n+](CCS(=O)(=O)[O-])nc1. The molecule has 8 heteroatoms. The van der Waals surface area contributed by atoms with Crippen LogP contribution in [0.4, 0.5) is 0 Å². The summed E-state index contributed by atoms with van der Waals surface area (Å²) in [4.78, 5) is 11.4. The average Bonchev–Trinajstić information content (AvgIpc) is 2.26. The molecule has 0 radical (unpaired) electrons. The summed E-state index contributed by atoms with van der Waals surface area (Å²) in [5.41, 5.74) is 0.382. The van der Waals surface area contributed by atoms with Crippen molar-refractivity contribution in [3.8, 4) is 0 Å². The molecule has 0 saturated carbocycles. The lowest BCUT2D eigenvalue weighted by molar-refractivity contribution is -0.750. The van der Waals surface area contributed by atoms with Gasteiger partial charge in [0.05, 0.1) is 11.3 Å². The summed E-state index contributed by atoms with van der Waals surface area (Å²) >= 11 is 0. The summed E-state index contributed by atoms with van der Waals surface area (Å²) in [6.07, 6.45) is 2.78. The molecular formula is C9H13N3O4S. The first-order chi connectivity index (χ1) is 7.92. The Morgan fingerprint density at radius 3 is 2.76 bits per heavy atom. The monoisotopic (exact) mass is 259 g/mol. The summed E-state index contributed by atoms with van der Waals surface area (Å²) in [6, 6.07) is 1.51. The van der Waals surface area contributed by atoms with Crippen LogP contribution in [0.3, 0.4) is 0 Å². The highest BCUT2D eigenvalue weighted by Crippen LogP contribution is 1.92. The highest BCUT2D eigenvalue weighted by Gasteiger charge is 2.09. The first kappa shape index (κ1) is 13.5. The van der Waals surface area contributed by atoms with E-state index >= 15 is 0 Å². The van der Waals surface area contributed by atoms with Gasteiger partial charge in [0.2, 0.25) is 0 Å². The Balaban J connectivity index is 2.65. The topological polar surface area (TPSA) is 103 Å². The predicted molar refractivity (Wildman–Crippen MR) is 57.0 cm³/mol. The third-order valence-corrected chi connectivity index (χ3v) is 2.62. The number of hydrogen-bond donors (Lipinski definition) is 1. The molecule has 0 aliphatic carbocycles. The van der Waals surface area contributed by atoms with Gasteiger partial charge >= 0.3 is 0 Å². The maximum absolute atomic E-state index is 11.4. The van der Waals surface area contributed by atoms with Gasteiger partial charge in [0, 0.05) is 12.6 Å². The van der Waals surface area contributed by atoms with E-state index in [0.717, 1.165) is 0 Å². The van der Waals surface area contributed by atoms with E-state index in [0.29, 0.717) is 12.1 Å².